The van der Waals surface area contributed by atoms with Crippen molar-refractivity contribution in [1.82, 2.24) is 4.90 Å². The van der Waals surface area contributed by atoms with E-state index in [-0.39, 0.29) is 11.9 Å². The summed E-state index contributed by atoms with van der Waals surface area (Å²) in [6.07, 6.45) is 2.37. The zero-order chi connectivity index (χ0) is 22.0. The molecule has 2 aromatic carbocycles. The molecule has 1 N–H and O–H groups in total. The molecule has 1 aliphatic rings. The molecule has 162 valence electrons. The standard InChI is InChI=1S/C26H29ClN2OS/c1-17-12-14-29(15-13-17)24(21-10-7-11-22(27)16-21)23-18(2)19(3)31-26(23)28-25(30)20-8-5-4-6-9-20/h4-11,16-17,24H,12-15H2,1-3H3,(H,28,30)/t24-/m0/s1. The van der Waals surface area contributed by atoms with Gasteiger partial charge >= 0.3 is 0 Å². The van der Waals surface area contributed by atoms with Crippen LogP contribution in [-0.2, 0) is 0 Å². The van der Waals surface area contributed by atoms with Crippen molar-refractivity contribution < 1.29 is 4.79 Å². The molecular formula is C26H29ClN2OS. The van der Waals surface area contributed by atoms with Crippen LogP contribution in [0.4, 0.5) is 5.00 Å². The summed E-state index contributed by atoms with van der Waals surface area (Å²) in [5.41, 5.74) is 4.29. The Morgan fingerprint density at radius 1 is 1.10 bits per heavy atom. The first-order valence-electron chi connectivity index (χ1n) is 10.9. The first-order valence-corrected chi connectivity index (χ1v) is 12.1. The van der Waals surface area contributed by atoms with Crippen LogP contribution in [0.3, 0.4) is 0 Å². The first kappa shape index (κ1) is 22.1. The van der Waals surface area contributed by atoms with Crippen LogP contribution in [0.1, 0.15) is 57.7 Å². The predicted octanol–water partition coefficient (Wildman–Crippen LogP) is 7.09. The number of anilines is 1. The van der Waals surface area contributed by atoms with Crippen molar-refractivity contribution in [3.63, 3.8) is 0 Å². The van der Waals surface area contributed by atoms with Gasteiger partial charge in [0.2, 0.25) is 0 Å². The van der Waals surface area contributed by atoms with Gasteiger partial charge < -0.3 is 5.32 Å². The largest absolute Gasteiger partial charge is 0.313 e. The van der Waals surface area contributed by atoms with E-state index in [9.17, 15) is 4.79 Å². The predicted molar refractivity (Wildman–Crippen MR) is 131 cm³/mol. The van der Waals surface area contributed by atoms with Crippen LogP contribution >= 0.6 is 22.9 Å². The maximum absolute atomic E-state index is 13.0. The Balaban J connectivity index is 1.76. The zero-order valence-corrected chi connectivity index (χ0v) is 19.9. The molecular weight excluding hydrogens is 424 g/mol. The van der Waals surface area contributed by atoms with E-state index in [0.29, 0.717) is 5.56 Å². The molecule has 0 saturated carbocycles. The number of thiophene rings is 1. The smallest absolute Gasteiger partial charge is 0.256 e. The van der Waals surface area contributed by atoms with E-state index >= 15 is 0 Å². The number of nitrogens with one attached hydrogen (secondary N) is 1. The molecule has 3 nitrogen and oxygen atoms in total. The van der Waals surface area contributed by atoms with E-state index in [1.165, 1.54) is 34.4 Å². The lowest BCUT2D eigenvalue weighted by atomic mass is 9.91. The highest BCUT2D eigenvalue weighted by atomic mass is 35.5. The van der Waals surface area contributed by atoms with Gasteiger partial charge in [-0.05, 0) is 81.1 Å². The summed E-state index contributed by atoms with van der Waals surface area (Å²) < 4.78 is 0. The van der Waals surface area contributed by atoms with E-state index in [1.54, 1.807) is 11.3 Å². The zero-order valence-electron chi connectivity index (χ0n) is 18.3. The van der Waals surface area contributed by atoms with Crippen molar-refractivity contribution in [2.45, 2.75) is 39.7 Å². The SMILES string of the molecule is Cc1sc(NC(=O)c2ccccc2)c([C@H](c2cccc(Cl)c2)N2CCC(C)CC2)c1C. The van der Waals surface area contributed by atoms with Gasteiger partial charge in [-0.25, -0.2) is 0 Å². The Kier molecular flexibility index (Phi) is 6.80. The molecule has 3 aromatic rings. The minimum Gasteiger partial charge on any atom is -0.313 e. The summed E-state index contributed by atoms with van der Waals surface area (Å²) in [6, 6.07) is 17.7. The van der Waals surface area contributed by atoms with Gasteiger partial charge in [0.1, 0.15) is 5.00 Å². The number of hydrogen-bond acceptors (Lipinski definition) is 3. The molecule has 0 aliphatic carbocycles. The summed E-state index contributed by atoms with van der Waals surface area (Å²) in [7, 11) is 0. The van der Waals surface area contributed by atoms with Gasteiger partial charge in [0, 0.05) is 21.0 Å². The number of piperidine rings is 1. The third-order valence-electron chi connectivity index (χ3n) is 6.32. The van der Waals surface area contributed by atoms with Crippen LogP contribution in [0.2, 0.25) is 5.02 Å². The van der Waals surface area contributed by atoms with Crippen LogP contribution in [0.5, 0.6) is 0 Å². The first-order chi connectivity index (χ1) is 14.9. The fraction of sp³-hybridized carbons (Fsp3) is 0.346. The molecule has 0 radical (unpaired) electrons. The normalized spacial score (nSPS) is 16.3. The number of hydrogen-bond donors (Lipinski definition) is 1. The summed E-state index contributed by atoms with van der Waals surface area (Å²) in [6.45, 7) is 8.72. The molecule has 1 amide bonds. The Labute approximate surface area is 194 Å². The number of aryl methyl sites for hydroxylation is 1. The molecule has 0 bridgehead atoms. The van der Waals surface area contributed by atoms with Gasteiger partial charge in [-0.1, -0.05) is 48.9 Å². The highest BCUT2D eigenvalue weighted by molar-refractivity contribution is 7.16. The monoisotopic (exact) mass is 452 g/mol. The lowest BCUT2D eigenvalue weighted by Gasteiger charge is -2.38. The van der Waals surface area contributed by atoms with Crippen molar-refractivity contribution >= 4 is 33.8 Å². The van der Waals surface area contributed by atoms with Gasteiger partial charge in [-0.3, -0.25) is 9.69 Å². The third-order valence-corrected chi connectivity index (χ3v) is 7.69. The number of benzene rings is 2. The molecule has 2 heterocycles. The molecule has 0 unspecified atom stereocenters. The Hall–Kier alpha value is -2.14. The number of rotatable bonds is 5. The van der Waals surface area contributed by atoms with Crippen molar-refractivity contribution in [1.29, 1.82) is 0 Å². The van der Waals surface area contributed by atoms with Crippen LogP contribution in [-0.4, -0.2) is 23.9 Å². The molecule has 1 atom stereocenters. The fourth-order valence-corrected chi connectivity index (χ4v) is 5.64. The number of amides is 1. The summed E-state index contributed by atoms with van der Waals surface area (Å²) in [4.78, 5) is 16.8. The fourth-order valence-electron chi connectivity index (χ4n) is 4.35. The van der Waals surface area contributed by atoms with Crippen molar-refractivity contribution in [3.05, 3.63) is 86.8 Å². The van der Waals surface area contributed by atoms with Crippen LogP contribution < -0.4 is 5.32 Å². The minimum atomic E-state index is -0.0692. The lowest BCUT2D eigenvalue weighted by Crippen LogP contribution is -2.37. The average molecular weight is 453 g/mol. The minimum absolute atomic E-state index is 0.0692. The van der Waals surface area contributed by atoms with Crippen molar-refractivity contribution in [2.24, 2.45) is 5.92 Å². The molecule has 0 spiro atoms. The van der Waals surface area contributed by atoms with E-state index in [2.05, 4.69) is 43.1 Å². The number of likely N-dealkylation sites (tertiary alicyclic amines) is 1. The third kappa shape index (κ3) is 4.87. The molecule has 4 rings (SSSR count). The average Bonchev–Trinajstić information content (AvgIpc) is 3.04. The van der Waals surface area contributed by atoms with Gasteiger partial charge in [-0.15, -0.1) is 11.3 Å². The number of carbonyl (C=O) groups is 1. The second-order valence-electron chi connectivity index (χ2n) is 8.52. The van der Waals surface area contributed by atoms with Crippen molar-refractivity contribution in [3.8, 4) is 0 Å². The maximum atomic E-state index is 13.0. The van der Waals surface area contributed by atoms with Crippen molar-refractivity contribution in [2.75, 3.05) is 18.4 Å². The van der Waals surface area contributed by atoms with Crippen LogP contribution in [0.15, 0.2) is 54.6 Å². The molecule has 5 heteroatoms. The van der Waals surface area contributed by atoms with E-state index < -0.39 is 0 Å². The molecule has 31 heavy (non-hydrogen) atoms. The molecule has 1 aromatic heterocycles. The number of carbonyl (C=O) groups excluding carboxylic acids is 1. The van der Waals surface area contributed by atoms with Crippen LogP contribution in [0.25, 0.3) is 0 Å². The Morgan fingerprint density at radius 3 is 2.48 bits per heavy atom. The number of halogens is 1. The molecule has 1 saturated heterocycles. The van der Waals surface area contributed by atoms with E-state index in [0.717, 1.165) is 29.0 Å². The summed E-state index contributed by atoms with van der Waals surface area (Å²) >= 11 is 8.07. The summed E-state index contributed by atoms with van der Waals surface area (Å²) in [5, 5.41) is 4.90. The lowest BCUT2D eigenvalue weighted by molar-refractivity contribution is 0.102. The highest BCUT2D eigenvalue weighted by Gasteiger charge is 2.31. The van der Waals surface area contributed by atoms with Crippen LogP contribution in [0, 0.1) is 19.8 Å². The molecule has 1 aliphatic heterocycles. The highest BCUT2D eigenvalue weighted by Crippen LogP contribution is 2.43. The quantitative estimate of drug-likeness (QED) is 0.448. The topological polar surface area (TPSA) is 32.3 Å². The van der Waals surface area contributed by atoms with Gasteiger partial charge in [0.05, 0.1) is 6.04 Å². The summed E-state index contributed by atoms with van der Waals surface area (Å²) in [5.74, 6) is 0.680. The Bertz CT molecular complexity index is 1050. The maximum Gasteiger partial charge on any atom is 0.256 e. The van der Waals surface area contributed by atoms with Gasteiger partial charge in [0.25, 0.3) is 5.91 Å². The van der Waals surface area contributed by atoms with E-state index in [1.807, 2.05) is 42.5 Å². The van der Waals surface area contributed by atoms with E-state index in [4.69, 9.17) is 11.6 Å². The second-order valence-corrected chi connectivity index (χ2v) is 10.2. The van der Waals surface area contributed by atoms with Gasteiger partial charge in [-0.2, -0.15) is 0 Å². The molecule has 1 fully saturated rings. The van der Waals surface area contributed by atoms with Gasteiger partial charge in [0.15, 0.2) is 0 Å². The number of nitrogens with zero attached hydrogens (tertiary/aromatic N) is 1. The Morgan fingerprint density at radius 2 is 1.81 bits per heavy atom. The second kappa shape index (κ2) is 9.56.